The van der Waals surface area contributed by atoms with Crippen LogP contribution in [0.25, 0.3) is 0 Å². The third kappa shape index (κ3) is 3.75. The summed E-state index contributed by atoms with van der Waals surface area (Å²) in [5.74, 6) is -0.712. The second-order valence-electron chi connectivity index (χ2n) is 4.20. The van der Waals surface area contributed by atoms with Crippen LogP contribution in [0.3, 0.4) is 0 Å². The van der Waals surface area contributed by atoms with E-state index in [1.807, 2.05) is 0 Å². The summed E-state index contributed by atoms with van der Waals surface area (Å²) in [5.41, 5.74) is -0.721. The first-order chi connectivity index (χ1) is 9.77. The van der Waals surface area contributed by atoms with Crippen LogP contribution in [0.5, 0.6) is 5.75 Å². The molecule has 110 valence electrons. The molecule has 0 atom stereocenters. The summed E-state index contributed by atoms with van der Waals surface area (Å²) in [4.78, 5) is 11.9. The molecule has 0 saturated carbocycles. The van der Waals surface area contributed by atoms with Crippen LogP contribution in [-0.4, -0.2) is 11.0 Å². The van der Waals surface area contributed by atoms with Crippen molar-refractivity contribution < 1.29 is 23.1 Å². The summed E-state index contributed by atoms with van der Waals surface area (Å²) >= 11 is 2.82. The van der Waals surface area contributed by atoms with Gasteiger partial charge in [-0.1, -0.05) is 22.0 Å². The Labute approximate surface area is 126 Å². The molecule has 0 bridgehead atoms. The number of nitrogens with one attached hydrogen (secondary N) is 1. The van der Waals surface area contributed by atoms with E-state index in [0.29, 0.717) is 0 Å². The summed E-state index contributed by atoms with van der Waals surface area (Å²) in [7, 11) is 0. The van der Waals surface area contributed by atoms with Crippen molar-refractivity contribution in [3.05, 3.63) is 58.1 Å². The Bertz CT molecular complexity index is 686. The molecule has 2 aromatic carbocycles. The molecule has 1 amide bonds. The van der Waals surface area contributed by atoms with Gasteiger partial charge in [-0.05, 0) is 36.4 Å². The Morgan fingerprint density at radius 1 is 1.14 bits per heavy atom. The van der Waals surface area contributed by atoms with Crippen LogP contribution in [0.2, 0.25) is 0 Å². The number of carbonyl (C=O) groups is 1. The van der Waals surface area contributed by atoms with Crippen LogP contribution in [-0.2, 0) is 6.18 Å². The van der Waals surface area contributed by atoms with Gasteiger partial charge in [0, 0.05) is 15.7 Å². The van der Waals surface area contributed by atoms with Crippen molar-refractivity contribution in [3.63, 3.8) is 0 Å². The van der Waals surface area contributed by atoms with Crippen molar-refractivity contribution in [2.75, 3.05) is 5.32 Å². The molecule has 0 aliphatic rings. The predicted molar refractivity (Wildman–Crippen MR) is 75.2 cm³/mol. The van der Waals surface area contributed by atoms with Crippen molar-refractivity contribution >= 4 is 27.5 Å². The van der Waals surface area contributed by atoms with Crippen LogP contribution in [0, 0.1) is 0 Å². The quantitative estimate of drug-likeness (QED) is 0.833. The van der Waals surface area contributed by atoms with Crippen LogP contribution in [0.1, 0.15) is 15.9 Å². The lowest BCUT2D eigenvalue weighted by Crippen LogP contribution is -2.13. The van der Waals surface area contributed by atoms with E-state index >= 15 is 0 Å². The van der Waals surface area contributed by atoms with Crippen LogP contribution < -0.4 is 5.32 Å². The molecule has 0 heterocycles. The standard InChI is InChI=1S/C14H9BrF3NO2/c15-12-5-4-9(7-11(12)14(16,17)18)19-13(21)8-2-1-3-10(20)6-8/h1-7,20H,(H,19,21). The number of rotatable bonds is 2. The summed E-state index contributed by atoms with van der Waals surface area (Å²) in [6.45, 7) is 0. The summed E-state index contributed by atoms with van der Waals surface area (Å²) in [6, 6.07) is 8.91. The largest absolute Gasteiger partial charge is 0.508 e. The van der Waals surface area contributed by atoms with E-state index in [4.69, 9.17) is 0 Å². The van der Waals surface area contributed by atoms with Gasteiger partial charge in [-0.15, -0.1) is 0 Å². The molecule has 0 aliphatic heterocycles. The zero-order valence-electron chi connectivity index (χ0n) is 10.4. The van der Waals surface area contributed by atoms with Crippen LogP contribution >= 0.6 is 15.9 Å². The second kappa shape index (κ2) is 5.77. The maximum atomic E-state index is 12.8. The molecular formula is C14H9BrF3NO2. The second-order valence-corrected chi connectivity index (χ2v) is 5.05. The Morgan fingerprint density at radius 2 is 1.86 bits per heavy atom. The minimum Gasteiger partial charge on any atom is -0.508 e. The predicted octanol–water partition coefficient (Wildman–Crippen LogP) is 4.43. The zero-order valence-corrected chi connectivity index (χ0v) is 12.0. The van der Waals surface area contributed by atoms with Gasteiger partial charge in [0.1, 0.15) is 5.75 Å². The minimum absolute atomic E-state index is 0.0128. The summed E-state index contributed by atoms with van der Waals surface area (Å²) < 4.78 is 38.2. The van der Waals surface area contributed by atoms with Crippen molar-refractivity contribution in [2.24, 2.45) is 0 Å². The lowest BCUT2D eigenvalue weighted by atomic mass is 10.1. The molecule has 0 fully saturated rings. The monoisotopic (exact) mass is 359 g/mol. The highest BCUT2D eigenvalue weighted by atomic mass is 79.9. The molecule has 0 saturated heterocycles. The number of anilines is 1. The average molecular weight is 360 g/mol. The molecular weight excluding hydrogens is 351 g/mol. The van der Waals surface area contributed by atoms with Gasteiger partial charge in [-0.3, -0.25) is 4.79 Å². The molecule has 3 nitrogen and oxygen atoms in total. The Balaban J connectivity index is 2.26. The summed E-state index contributed by atoms with van der Waals surface area (Å²) in [5, 5.41) is 11.6. The number of hydrogen-bond donors (Lipinski definition) is 2. The third-order valence-corrected chi connectivity index (χ3v) is 3.33. The number of phenolic OH excluding ortho intramolecular Hbond substituents is 1. The molecule has 0 radical (unpaired) electrons. The third-order valence-electron chi connectivity index (χ3n) is 2.64. The maximum Gasteiger partial charge on any atom is 0.417 e. The normalized spacial score (nSPS) is 11.2. The lowest BCUT2D eigenvalue weighted by molar-refractivity contribution is -0.138. The van der Waals surface area contributed by atoms with Crippen LogP contribution in [0.4, 0.5) is 18.9 Å². The number of phenols is 1. The molecule has 21 heavy (non-hydrogen) atoms. The molecule has 0 aromatic heterocycles. The highest BCUT2D eigenvalue weighted by Gasteiger charge is 2.33. The fourth-order valence-corrected chi connectivity index (χ4v) is 2.14. The first-order valence-electron chi connectivity index (χ1n) is 5.74. The van der Waals surface area contributed by atoms with Gasteiger partial charge in [0.15, 0.2) is 0 Å². The number of aromatic hydroxyl groups is 1. The average Bonchev–Trinajstić information content (AvgIpc) is 2.39. The number of benzene rings is 2. The van der Waals surface area contributed by atoms with E-state index in [9.17, 15) is 23.1 Å². The van der Waals surface area contributed by atoms with Gasteiger partial charge in [0.25, 0.3) is 5.91 Å². The lowest BCUT2D eigenvalue weighted by Gasteiger charge is -2.12. The van der Waals surface area contributed by atoms with Gasteiger partial charge < -0.3 is 10.4 Å². The molecule has 0 unspecified atom stereocenters. The number of hydrogen-bond acceptors (Lipinski definition) is 2. The fraction of sp³-hybridized carbons (Fsp3) is 0.0714. The molecule has 2 N–H and O–H groups in total. The van der Waals surface area contributed by atoms with E-state index in [1.54, 1.807) is 0 Å². The number of amides is 1. The number of carbonyl (C=O) groups excluding carboxylic acids is 1. The highest BCUT2D eigenvalue weighted by Crippen LogP contribution is 2.36. The SMILES string of the molecule is O=C(Nc1ccc(Br)c(C(F)(F)F)c1)c1cccc(O)c1. The molecule has 7 heteroatoms. The first kappa shape index (κ1) is 15.4. The molecule has 0 aliphatic carbocycles. The maximum absolute atomic E-state index is 12.8. The smallest absolute Gasteiger partial charge is 0.417 e. The van der Waals surface area contributed by atoms with Crippen molar-refractivity contribution in [1.29, 1.82) is 0 Å². The van der Waals surface area contributed by atoms with Crippen LogP contribution in [0.15, 0.2) is 46.9 Å². The Hall–Kier alpha value is -2.02. The topological polar surface area (TPSA) is 49.3 Å². The van der Waals surface area contributed by atoms with Crippen molar-refractivity contribution in [2.45, 2.75) is 6.18 Å². The van der Waals surface area contributed by atoms with Crippen molar-refractivity contribution in [1.82, 2.24) is 0 Å². The van der Waals surface area contributed by atoms with Gasteiger partial charge in [-0.2, -0.15) is 13.2 Å². The van der Waals surface area contributed by atoms with E-state index < -0.39 is 17.6 Å². The minimum atomic E-state index is -4.52. The molecule has 0 spiro atoms. The van der Waals surface area contributed by atoms with Gasteiger partial charge in [0.2, 0.25) is 0 Å². The fourth-order valence-electron chi connectivity index (χ4n) is 1.67. The van der Waals surface area contributed by atoms with Gasteiger partial charge in [-0.25, -0.2) is 0 Å². The Kier molecular flexibility index (Phi) is 4.22. The van der Waals surface area contributed by atoms with E-state index in [1.165, 1.54) is 36.4 Å². The highest BCUT2D eigenvalue weighted by molar-refractivity contribution is 9.10. The van der Waals surface area contributed by atoms with E-state index in [2.05, 4.69) is 21.2 Å². The zero-order chi connectivity index (χ0) is 15.6. The number of halogens is 4. The number of alkyl halides is 3. The first-order valence-corrected chi connectivity index (χ1v) is 6.54. The van der Waals surface area contributed by atoms with Gasteiger partial charge in [0.05, 0.1) is 5.56 Å². The molecule has 2 rings (SSSR count). The van der Waals surface area contributed by atoms with Gasteiger partial charge >= 0.3 is 6.18 Å². The summed E-state index contributed by atoms with van der Waals surface area (Å²) in [6.07, 6.45) is -4.52. The van der Waals surface area contributed by atoms with E-state index in [0.717, 1.165) is 6.07 Å². The van der Waals surface area contributed by atoms with Crippen molar-refractivity contribution in [3.8, 4) is 5.75 Å². The molecule has 2 aromatic rings. The van der Waals surface area contributed by atoms with E-state index in [-0.39, 0.29) is 21.5 Å². The Morgan fingerprint density at radius 3 is 2.48 bits per heavy atom.